The van der Waals surface area contributed by atoms with Gasteiger partial charge in [0.15, 0.2) is 11.6 Å². The largest absolute Gasteiger partial charge is 0.344 e. The molecule has 0 bridgehead atoms. The molecule has 1 heterocycles. The van der Waals surface area contributed by atoms with Gasteiger partial charge >= 0.3 is 0 Å². The van der Waals surface area contributed by atoms with Gasteiger partial charge in [0.25, 0.3) is 0 Å². The molecule has 1 aliphatic carbocycles. The number of anilines is 1. The van der Waals surface area contributed by atoms with Crippen molar-refractivity contribution in [3.63, 3.8) is 0 Å². The molecule has 166 valence electrons. The molecule has 0 radical (unpaired) electrons. The summed E-state index contributed by atoms with van der Waals surface area (Å²) in [6.07, 6.45) is 5.89. The number of allylic oxidation sites excluding steroid dienone is 4. The maximum absolute atomic E-state index is 12.9. The van der Waals surface area contributed by atoms with Gasteiger partial charge in [-0.05, 0) is 53.1 Å². The molecule has 5 rings (SSSR count). The van der Waals surface area contributed by atoms with Crippen LogP contribution in [0.3, 0.4) is 0 Å². The summed E-state index contributed by atoms with van der Waals surface area (Å²) >= 11 is 3.59. The molecule has 0 saturated carbocycles. The molecule has 33 heavy (non-hydrogen) atoms. The van der Waals surface area contributed by atoms with Crippen LogP contribution in [0.4, 0.5) is 5.69 Å². The normalized spacial score (nSPS) is 17.8. The van der Waals surface area contributed by atoms with E-state index in [4.69, 9.17) is 0 Å². The highest BCUT2D eigenvalue weighted by Crippen LogP contribution is 2.51. The van der Waals surface area contributed by atoms with E-state index in [0.29, 0.717) is 11.1 Å². The smallest absolute Gasteiger partial charge is 0.197 e. The molecule has 0 aromatic heterocycles. The zero-order chi connectivity index (χ0) is 23.3. The van der Waals surface area contributed by atoms with Gasteiger partial charge in [0, 0.05) is 38.9 Å². The third-order valence-corrected chi connectivity index (χ3v) is 7.35. The molecule has 0 fully saturated rings. The van der Waals surface area contributed by atoms with Crippen LogP contribution in [0.25, 0.3) is 10.8 Å². The van der Waals surface area contributed by atoms with E-state index in [9.17, 15) is 9.59 Å². The fourth-order valence-corrected chi connectivity index (χ4v) is 5.59. The topological polar surface area (TPSA) is 37.4 Å². The highest BCUT2D eigenvalue weighted by Gasteiger charge is 2.41. The van der Waals surface area contributed by atoms with E-state index in [-0.39, 0.29) is 22.6 Å². The van der Waals surface area contributed by atoms with Crippen molar-refractivity contribution < 1.29 is 9.59 Å². The van der Waals surface area contributed by atoms with Crippen molar-refractivity contribution in [1.29, 1.82) is 0 Å². The van der Waals surface area contributed by atoms with E-state index in [1.165, 1.54) is 22.0 Å². The van der Waals surface area contributed by atoms with Gasteiger partial charge in [-0.15, -0.1) is 0 Å². The van der Waals surface area contributed by atoms with E-state index >= 15 is 0 Å². The maximum Gasteiger partial charge on any atom is 0.197 e. The molecule has 0 amide bonds. The van der Waals surface area contributed by atoms with Crippen molar-refractivity contribution in [1.82, 2.24) is 0 Å². The van der Waals surface area contributed by atoms with Gasteiger partial charge in [-0.3, -0.25) is 9.59 Å². The summed E-state index contributed by atoms with van der Waals surface area (Å²) < 4.78 is 1.06. The van der Waals surface area contributed by atoms with Gasteiger partial charge in [-0.2, -0.15) is 0 Å². The van der Waals surface area contributed by atoms with Crippen LogP contribution in [0.1, 0.15) is 59.9 Å². The Morgan fingerprint density at radius 1 is 0.939 bits per heavy atom. The molecule has 3 aromatic carbocycles. The van der Waals surface area contributed by atoms with E-state index in [1.54, 1.807) is 30.3 Å². The summed E-state index contributed by atoms with van der Waals surface area (Å²) in [6, 6.07) is 17.9. The number of nitrogens with zero attached hydrogens (tertiary/aromatic N) is 1. The number of hydrogen-bond acceptors (Lipinski definition) is 3. The lowest BCUT2D eigenvalue weighted by Crippen LogP contribution is -2.27. The van der Waals surface area contributed by atoms with Crippen molar-refractivity contribution in [3.8, 4) is 0 Å². The average Bonchev–Trinajstić information content (AvgIpc) is 3.17. The predicted molar refractivity (Wildman–Crippen MR) is 138 cm³/mol. The number of hydrogen-bond donors (Lipinski definition) is 0. The summed E-state index contributed by atoms with van der Waals surface area (Å²) in [6.45, 7) is 7.55. The van der Waals surface area contributed by atoms with Crippen molar-refractivity contribution >= 4 is 44.0 Å². The third-order valence-electron chi connectivity index (χ3n) is 6.86. The fourth-order valence-electron chi connectivity index (χ4n) is 5.21. The standard InChI is InChI=1S/C29H26BrNO2/c1-4-5-16-31-24-14-10-18-17-19(30)11-12-20(18)26(24)29(2,3)25(31)15-13-23-27(32)21-8-6-7-9-22(21)28(23)33/h6-15,17H,4-5,16H2,1-3H3. The Hall–Kier alpha value is -2.98. The van der Waals surface area contributed by atoms with Gasteiger partial charge in [0.2, 0.25) is 0 Å². The van der Waals surface area contributed by atoms with E-state index in [1.807, 2.05) is 6.08 Å². The first-order chi connectivity index (χ1) is 15.8. The summed E-state index contributed by atoms with van der Waals surface area (Å²) in [4.78, 5) is 28.2. The number of carbonyl (C=O) groups is 2. The van der Waals surface area contributed by atoms with Gasteiger partial charge < -0.3 is 4.90 Å². The van der Waals surface area contributed by atoms with Crippen LogP contribution >= 0.6 is 15.9 Å². The second-order valence-electron chi connectivity index (χ2n) is 9.29. The first-order valence-electron chi connectivity index (χ1n) is 11.5. The molecule has 1 aliphatic heterocycles. The zero-order valence-electron chi connectivity index (χ0n) is 19.1. The molecule has 0 unspecified atom stereocenters. The minimum Gasteiger partial charge on any atom is -0.344 e. The van der Waals surface area contributed by atoms with E-state index in [0.717, 1.165) is 29.6 Å². The molecule has 3 aromatic rings. The van der Waals surface area contributed by atoms with Crippen LogP contribution in [0.15, 0.2) is 82.5 Å². The Morgan fingerprint density at radius 2 is 1.64 bits per heavy atom. The number of carbonyl (C=O) groups excluding carboxylic acids is 2. The molecular weight excluding hydrogens is 474 g/mol. The van der Waals surface area contributed by atoms with Crippen LogP contribution in [-0.2, 0) is 5.41 Å². The van der Waals surface area contributed by atoms with Gasteiger partial charge in [0.1, 0.15) is 0 Å². The van der Waals surface area contributed by atoms with Crippen molar-refractivity contribution in [3.05, 3.63) is 99.2 Å². The lowest BCUT2D eigenvalue weighted by Gasteiger charge is -2.27. The monoisotopic (exact) mass is 499 g/mol. The number of halogens is 1. The molecule has 4 heteroatoms. The highest BCUT2D eigenvalue weighted by atomic mass is 79.9. The zero-order valence-corrected chi connectivity index (χ0v) is 20.7. The van der Waals surface area contributed by atoms with Crippen LogP contribution < -0.4 is 4.90 Å². The summed E-state index contributed by atoms with van der Waals surface area (Å²) in [5.74, 6) is -0.368. The molecular formula is C29H26BrNO2. The Labute approximate surface area is 202 Å². The first-order valence-corrected chi connectivity index (χ1v) is 12.2. The summed E-state index contributed by atoms with van der Waals surface area (Å²) in [5, 5.41) is 2.43. The highest BCUT2D eigenvalue weighted by molar-refractivity contribution is 9.10. The quantitative estimate of drug-likeness (QED) is 0.277. The van der Waals surface area contributed by atoms with Gasteiger partial charge in [-0.25, -0.2) is 0 Å². The van der Waals surface area contributed by atoms with Crippen molar-refractivity contribution in [2.75, 3.05) is 11.4 Å². The molecule has 3 nitrogen and oxygen atoms in total. The molecule has 0 N–H and O–H groups in total. The molecule has 0 spiro atoms. The Morgan fingerprint density at radius 3 is 2.30 bits per heavy atom. The Bertz CT molecular complexity index is 1340. The number of Topliss-reactive ketones (excluding diaryl/α,β-unsaturated/α-hetero) is 2. The molecule has 2 aliphatic rings. The Balaban J connectivity index is 1.65. The number of rotatable bonds is 4. The van der Waals surface area contributed by atoms with Crippen LogP contribution in [0, 0.1) is 0 Å². The molecule has 0 atom stereocenters. The second kappa shape index (κ2) is 8.11. The number of fused-ring (bicyclic) bond motifs is 4. The van der Waals surface area contributed by atoms with Crippen LogP contribution in [0.5, 0.6) is 0 Å². The number of ketones is 2. The number of unbranched alkanes of at least 4 members (excludes halogenated alkanes) is 1. The maximum atomic E-state index is 12.9. The van der Waals surface area contributed by atoms with Gasteiger partial charge in [0.05, 0.1) is 5.57 Å². The van der Waals surface area contributed by atoms with Crippen molar-refractivity contribution in [2.45, 2.75) is 39.0 Å². The Kier molecular flexibility index (Phi) is 5.37. The lowest BCUT2D eigenvalue weighted by atomic mass is 9.81. The SMILES string of the molecule is CCCCN1C(=CC=C2C(=O)c3ccccc3C2=O)C(C)(C)c2c1ccc1cc(Br)ccc21. The second-order valence-corrected chi connectivity index (χ2v) is 10.2. The third kappa shape index (κ3) is 3.39. The van der Waals surface area contributed by atoms with E-state index < -0.39 is 0 Å². The minimum absolute atomic E-state index is 0.184. The minimum atomic E-state index is -0.273. The number of benzene rings is 3. The summed E-state index contributed by atoms with van der Waals surface area (Å²) in [7, 11) is 0. The summed E-state index contributed by atoms with van der Waals surface area (Å²) in [5.41, 5.74) is 4.59. The van der Waals surface area contributed by atoms with E-state index in [2.05, 4.69) is 71.9 Å². The first kappa shape index (κ1) is 21.8. The predicted octanol–water partition coefficient (Wildman–Crippen LogP) is 7.39. The van der Waals surface area contributed by atoms with Crippen molar-refractivity contribution in [2.24, 2.45) is 0 Å². The average molecular weight is 500 g/mol. The van der Waals surface area contributed by atoms with Crippen LogP contribution in [-0.4, -0.2) is 18.1 Å². The molecule has 0 saturated heterocycles. The lowest BCUT2D eigenvalue weighted by molar-refractivity contribution is 0.0988. The fraction of sp³-hybridized carbons (Fsp3) is 0.241. The van der Waals surface area contributed by atoms with Gasteiger partial charge in [-0.1, -0.05) is 79.5 Å². The van der Waals surface area contributed by atoms with Crippen LogP contribution in [0.2, 0.25) is 0 Å².